The average Bonchev–Trinajstić information content (AvgIpc) is 3.10. The van der Waals surface area contributed by atoms with Crippen LogP contribution in [0.2, 0.25) is 0 Å². The Morgan fingerprint density at radius 1 is 1.08 bits per heavy atom. The predicted octanol–water partition coefficient (Wildman–Crippen LogP) is 2.45. The van der Waals surface area contributed by atoms with Crippen molar-refractivity contribution >= 4 is 40.9 Å². The number of hydrogen-bond acceptors (Lipinski definition) is 6. The standard InChI is InChI=1S/C17H13N3O5S/c1-18-15(21)12(16(22)19(2)17(18)26)9-10-7-8-14(25-10)11-5-3-4-6-13(11)20(23)24/h3-9H,1-2H3. The number of likely N-dealkylation sites (N-methyl/N-ethyl adjacent to an activating group) is 2. The molecule has 0 radical (unpaired) electrons. The Balaban J connectivity index is 2.00. The summed E-state index contributed by atoms with van der Waals surface area (Å²) in [6.07, 6.45) is 1.30. The monoisotopic (exact) mass is 371 g/mol. The first-order valence-corrected chi connectivity index (χ1v) is 7.87. The highest BCUT2D eigenvalue weighted by atomic mass is 32.1. The molecule has 2 aromatic rings. The highest BCUT2D eigenvalue weighted by Crippen LogP contribution is 2.31. The van der Waals surface area contributed by atoms with Crippen LogP contribution >= 0.6 is 12.2 Å². The summed E-state index contributed by atoms with van der Waals surface area (Å²) in [5, 5.41) is 11.3. The van der Waals surface area contributed by atoms with E-state index in [4.69, 9.17) is 16.6 Å². The summed E-state index contributed by atoms with van der Waals surface area (Å²) in [5.74, 6) is -0.593. The number of nitrogens with zero attached hydrogens (tertiary/aromatic N) is 3. The molecular formula is C17H13N3O5S. The van der Waals surface area contributed by atoms with E-state index in [0.29, 0.717) is 5.56 Å². The minimum Gasteiger partial charge on any atom is -0.456 e. The fraction of sp³-hybridized carbons (Fsp3) is 0.118. The lowest BCUT2D eigenvalue weighted by Crippen LogP contribution is -2.52. The van der Waals surface area contributed by atoms with Crippen LogP contribution in [0.5, 0.6) is 0 Å². The molecule has 0 N–H and O–H groups in total. The van der Waals surface area contributed by atoms with Crippen molar-refractivity contribution in [3.05, 3.63) is 57.8 Å². The van der Waals surface area contributed by atoms with Gasteiger partial charge in [-0.05, 0) is 36.5 Å². The zero-order chi connectivity index (χ0) is 19.0. The highest BCUT2D eigenvalue weighted by Gasteiger charge is 2.35. The van der Waals surface area contributed by atoms with E-state index >= 15 is 0 Å². The zero-order valence-electron chi connectivity index (χ0n) is 13.8. The summed E-state index contributed by atoms with van der Waals surface area (Å²) in [6.45, 7) is 0. The molecule has 0 aliphatic carbocycles. The summed E-state index contributed by atoms with van der Waals surface area (Å²) in [6, 6.07) is 9.22. The number of nitro groups is 1. The van der Waals surface area contributed by atoms with E-state index in [0.717, 1.165) is 0 Å². The quantitative estimate of drug-likeness (QED) is 0.270. The topological polar surface area (TPSA) is 96.9 Å². The molecule has 3 rings (SSSR count). The summed E-state index contributed by atoms with van der Waals surface area (Å²) >= 11 is 5.03. The maximum Gasteiger partial charge on any atom is 0.280 e. The second-order valence-electron chi connectivity index (χ2n) is 5.55. The molecule has 1 aromatic carbocycles. The van der Waals surface area contributed by atoms with E-state index in [1.165, 1.54) is 42.1 Å². The van der Waals surface area contributed by atoms with Crippen molar-refractivity contribution in [3.8, 4) is 11.3 Å². The number of hydrogen-bond donors (Lipinski definition) is 0. The molecule has 132 valence electrons. The maximum atomic E-state index is 12.3. The highest BCUT2D eigenvalue weighted by molar-refractivity contribution is 7.80. The van der Waals surface area contributed by atoms with Gasteiger partial charge in [0.2, 0.25) is 0 Å². The number of furan rings is 1. The van der Waals surface area contributed by atoms with Gasteiger partial charge in [0.25, 0.3) is 17.5 Å². The third-order valence-corrected chi connectivity index (χ3v) is 4.47. The molecule has 9 heteroatoms. The molecule has 1 fully saturated rings. The van der Waals surface area contributed by atoms with Gasteiger partial charge in [-0.1, -0.05) is 12.1 Å². The Labute approximate surface area is 153 Å². The molecule has 0 spiro atoms. The van der Waals surface area contributed by atoms with E-state index in [1.807, 2.05) is 0 Å². The smallest absolute Gasteiger partial charge is 0.280 e. The molecule has 26 heavy (non-hydrogen) atoms. The normalized spacial score (nSPS) is 14.8. The molecule has 2 heterocycles. The maximum absolute atomic E-state index is 12.3. The van der Waals surface area contributed by atoms with Crippen LogP contribution in [-0.2, 0) is 9.59 Å². The number of nitro benzene ring substituents is 1. The fourth-order valence-electron chi connectivity index (χ4n) is 2.53. The summed E-state index contributed by atoms with van der Waals surface area (Å²) < 4.78 is 5.60. The van der Waals surface area contributed by atoms with Gasteiger partial charge >= 0.3 is 0 Å². The molecule has 1 saturated heterocycles. The van der Waals surface area contributed by atoms with Crippen molar-refractivity contribution in [2.75, 3.05) is 14.1 Å². The Kier molecular flexibility index (Phi) is 4.39. The van der Waals surface area contributed by atoms with Gasteiger partial charge in [0.1, 0.15) is 17.1 Å². The third kappa shape index (κ3) is 2.88. The number of thiocarbonyl (C=S) groups is 1. The molecular weight excluding hydrogens is 358 g/mol. The second-order valence-corrected chi connectivity index (χ2v) is 5.91. The van der Waals surface area contributed by atoms with Gasteiger partial charge in [-0.15, -0.1) is 0 Å². The Morgan fingerprint density at radius 2 is 1.69 bits per heavy atom. The van der Waals surface area contributed by atoms with Crippen molar-refractivity contribution in [2.45, 2.75) is 0 Å². The lowest BCUT2D eigenvalue weighted by molar-refractivity contribution is -0.384. The van der Waals surface area contributed by atoms with Crippen LogP contribution in [0.15, 0.2) is 46.4 Å². The van der Waals surface area contributed by atoms with Gasteiger partial charge in [-0.2, -0.15) is 0 Å². The molecule has 0 atom stereocenters. The molecule has 1 aliphatic heterocycles. The Bertz CT molecular complexity index is 952. The first-order chi connectivity index (χ1) is 12.3. The molecule has 2 amide bonds. The zero-order valence-corrected chi connectivity index (χ0v) is 14.6. The van der Waals surface area contributed by atoms with Gasteiger partial charge in [-0.3, -0.25) is 29.5 Å². The minimum atomic E-state index is -0.540. The lowest BCUT2D eigenvalue weighted by Gasteiger charge is -2.31. The Hall–Kier alpha value is -3.33. The predicted molar refractivity (Wildman–Crippen MR) is 96.9 cm³/mol. The van der Waals surface area contributed by atoms with Gasteiger partial charge in [-0.25, -0.2) is 0 Å². The van der Waals surface area contributed by atoms with E-state index in [9.17, 15) is 19.7 Å². The van der Waals surface area contributed by atoms with Crippen LogP contribution in [0.3, 0.4) is 0 Å². The largest absolute Gasteiger partial charge is 0.456 e. The molecule has 1 aromatic heterocycles. The van der Waals surface area contributed by atoms with Crippen molar-refractivity contribution in [1.82, 2.24) is 9.80 Å². The van der Waals surface area contributed by atoms with E-state index in [2.05, 4.69) is 0 Å². The molecule has 0 bridgehead atoms. The molecule has 8 nitrogen and oxygen atoms in total. The van der Waals surface area contributed by atoms with Crippen LogP contribution in [0, 0.1) is 10.1 Å². The van der Waals surface area contributed by atoms with Gasteiger partial charge in [0, 0.05) is 20.2 Å². The van der Waals surface area contributed by atoms with Crippen LogP contribution < -0.4 is 0 Å². The molecule has 0 unspecified atom stereocenters. The van der Waals surface area contributed by atoms with E-state index in [1.54, 1.807) is 24.3 Å². The number of carbonyl (C=O) groups is 2. The van der Waals surface area contributed by atoms with Gasteiger partial charge < -0.3 is 4.42 Å². The number of para-hydroxylation sites is 1. The first kappa shape index (κ1) is 17.5. The van der Waals surface area contributed by atoms with Crippen LogP contribution in [0.4, 0.5) is 5.69 Å². The van der Waals surface area contributed by atoms with Crippen molar-refractivity contribution in [3.63, 3.8) is 0 Å². The van der Waals surface area contributed by atoms with E-state index < -0.39 is 16.7 Å². The van der Waals surface area contributed by atoms with Crippen LogP contribution in [-0.4, -0.2) is 45.7 Å². The third-order valence-electron chi connectivity index (χ3n) is 3.92. The SMILES string of the molecule is CN1C(=O)C(=Cc2ccc(-c3ccccc3[N+](=O)[O-])o2)C(=O)N(C)C1=S. The van der Waals surface area contributed by atoms with Gasteiger partial charge in [0.15, 0.2) is 5.11 Å². The van der Waals surface area contributed by atoms with Crippen LogP contribution in [0.25, 0.3) is 17.4 Å². The molecule has 1 aliphatic rings. The lowest BCUT2D eigenvalue weighted by atomic mass is 10.1. The summed E-state index contributed by atoms with van der Waals surface area (Å²) in [5.41, 5.74) is 0.0987. The van der Waals surface area contributed by atoms with Crippen molar-refractivity contribution in [1.29, 1.82) is 0 Å². The van der Waals surface area contributed by atoms with Crippen molar-refractivity contribution in [2.24, 2.45) is 0 Å². The number of benzene rings is 1. The molecule has 0 saturated carbocycles. The average molecular weight is 371 g/mol. The number of rotatable bonds is 3. The minimum absolute atomic E-state index is 0.101. The van der Waals surface area contributed by atoms with E-state index in [-0.39, 0.29) is 27.9 Å². The summed E-state index contributed by atoms with van der Waals surface area (Å²) in [7, 11) is 2.95. The fourth-order valence-corrected chi connectivity index (χ4v) is 2.70. The van der Waals surface area contributed by atoms with Gasteiger partial charge in [0.05, 0.1) is 10.5 Å². The van der Waals surface area contributed by atoms with Crippen molar-refractivity contribution < 1.29 is 18.9 Å². The second kappa shape index (κ2) is 6.52. The number of carbonyl (C=O) groups excluding carboxylic acids is 2. The Morgan fingerprint density at radius 3 is 2.31 bits per heavy atom. The number of amides is 2. The summed E-state index contributed by atoms with van der Waals surface area (Å²) in [4.78, 5) is 37.6. The van der Waals surface area contributed by atoms with Crippen LogP contribution in [0.1, 0.15) is 5.76 Å². The first-order valence-electron chi connectivity index (χ1n) is 7.46.